The van der Waals surface area contributed by atoms with Gasteiger partial charge < -0.3 is 4.57 Å². The molecule has 0 saturated carbocycles. The quantitative estimate of drug-likeness (QED) is 0.392. The van der Waals surface area contributed by atoms with Gasteiger partial charge in [-0.1, -0.05) is 54.6 Å². The summed E-state index contributed by atoms with van der Waals surface area (Å²) < 4.78 is 2.20. The zero-order valence-corrected chi connectivity index (χ0v) is 17.4. The summed E-state index contributed by atoms with van der Waals surface area (Å²) in [4.78, 5) is 26.3. The predicted octanol–water partition coefficient (Wildman–Crippen LogP) is 5.90. The molecule has 0 radical (unpaired) electrons. The molecule has 2 heterocycles. The third-order valence-corrected chi connectivity index (χ3v) is 6.37. The average Bonchev–Trinajstić information content (AvgIpc) is 3.24. The van der Waals surface area contributed by atoms with Crippen LogP contribution >= 0.6 is 11.8 Å². The highest BCUT2D eigenvalue weighted by Crippen LogP contribution is 2.34. The van der Waals surface area contributed by atoms with Crippen molar-refractivity contribution in [2.45, 2.75) is 13.5 Å². The number of benzene rings is 3. The van der Waals surface area contributed by atoms with E-state index in [4.69, 9.17) is 0 Å². The van der Waals surface area contributed by atoms with Gasteiger partial charge in [0.05, 0.1) is 4.91 Å². The fourth-order valence-corrected chi connectivity index (χ4v) is 4.86. The number of aromatic nitrogens is 1. The number of rotatable bonds is 4. The Labute approximate surface area is 178 Å². The zero-order chi connectivity index (χ0) is 20.7. The summed E-state index contributed by atoms with van der Waals surface area (Å²) in [5, 5.41) is 3.32. The van der Waals surface area contributed by atoms with Crippen LogP contribution in [0.3, 0.4) is 0 Å². The number of amides is 2. The molecule has 1 aliphatic rings. The molecule has 1 fully saturated rings. The van der Waals surface area contributed by atoms with E-state index in [1.165, 1.54) is 21.2 Å². The molecule has 0 unspecified atom stereocenters. The van der Waals surface area contributed by atoms with Gasteiger partial charge in [-0.3, -0.25) is 14.5 Å². The normalized spacial score (nSPS) is 15.8. The van der Waals surface area contributed by atoms with Gasteiger partial charge in [0, 0.05) is 35.8 Å². The van der Waals surface area contributed by atoms with Gasteiger partial charge in [-0.2, -0.15) is 0 Å². The molecule has 0 N–H and O–H groups in total. The Kier molecular flexibility index (Phi) is 4.68. The summed E-state index contributed by atoms with van der Waals surface area (Å²) in [6.45, 7) is 2.94. The van der Waals surface area contributed by atoms with Crippen LogP contribution in [0.5, 0.6) is 0 Å². The summed E-state index contributed by atoms with van der Waals surface area (Å²) >= 11 is 1.01. The lowest BCUT2D eigenvalue weighted by Gasteiger charge is -2.07. The Morgan fingerprint density at radius 3 is 2.50 bits per heavy atom. The van der Waals surface area contributed by atoms with Gasteiger partial charge in [0.15, 0.2) is 0 Å². The molecule has 4 aromatic rings. The van der Waals surface area contributed by atoms with E-state index in [1.807, 2.05) is 31.2 Å². The monoisotopic (exact) mass is 412 g/mol. The van der Waals surface area contributed by atoms with Crippen molar-refractivity contribution < 1.29 is 9.59 Å². The maximum Gasteiger partial charge on any atom is 0.293 e. The fraction of sp³-hybridized carbons (Fsp3) is 0.120. The first kappa shape index (κ1) is 18.7. The number of hydrogen-bond acceptors (Lipinski definition) is 3. The second kappa shape index (κ2) is 7.50. The van der Waals surface area contributed by atoms with E-state index in [1.54, 1.807) is 0 Å². The van der Waals surface area contributed by atoms with Crippen LogP contribution in [-0.4, -0.2) is 27.2 Å². The number of likely N-dealkylation sites (N-methyl/N-ethyl adjacent to an activating group) is 1. The maximum atomic E-state index is 12.5. The lowest BCUT2D eigenvalue weighted by molar-refractivity contribution is -0.122. The average molecular weight is 413 g/mol. The van der Waals surface area contributed by atoms with Crippen molar-refractivity contribution >= 4 is 50.7 Å². The highest BCUT2D eigenvalue weighted by molar-refractivity contribution is 8.18. The number of fused-ring (bicyclic) bond motifs is 2. The molecule has 3 aromatic carbocycles. The van der Waals surface area contributed by atoms with E-state index < -0.39 is 0 Å². The smallest absolute Gasteiger partial charge is 0.293 e. The van der Waals surface area contributed by atoms with Gasteiger partial charge in [-0.15, -0.1) is 0 Å². The fourth-order valence-electron chi connectivity index (χ4n) is 3.97. The minimum absolute atomic E-state index is 0.200. The summed E-state index contributed by atoms with van der Waals surface area (Å²) in [5.41, 5.74) is 3.27. The third-order valence-electron chi connectivity index (χ3n) is 5.46. The Bertz CT molecular complexity index is 1340. The van der Waals surface area contributed by atoms with Gasteiger partial charge in [0.25, 0.3) is 11.1 Å². The molecule has 0 bridgehead atoms. The molecule has 1 aliphatic heterocycles. The Morgan fingerprint density at radius 1 is 0.933 bits per heavy atom. The molecule has 0 atom stereocenters. The van der Waals surface area contributed by atoms with Gasteiger partial charge >= 0.3 is 0 Å². The van der Waals surface area contributed by atoms with Gasteiger partial charge in [-0.05, 0) is 53.2 Å². The Balaban J connectivity index is 1.55. The van der Waals surface area contributed by atoms with Crippen LogP contribution in [-0.2, 0) is 11.3 Å². The number of nitrogens with zero attached hydrogens (tertiary/aromatic N) is 2. The van der Waals surface area contributed by atoms with Crippen LogP contribution in [0.2, 0.25) is 0 Å². The molecule has 1 aromatic heterocycles. The first-order valence-corrected chi connectivity index (χ1v) is 10.8. The lowest BCUT2D eigenvalue weighted by atomic mass is 10.1. The molecule has 5 rings (SSSR count). The van der Waals surface area contributed by atoms with Crippen LogP contribution in [0.25, 0.3) is 27.8 Å². The van der Waals surface area contributed by atoms with Crippen molar-refractivity contribution in [2.75, 3.05) is 6.54 Å². The van der Waals surface area contributed by atoms with Crippen LogP contribution in [0.4, 0.5) is 4.79 Å². The molecule has 30 heavy (non-hydrogen) atoms. The minimum Gasteiger partial charge on any atom is -0.342 e. The summed E-state index contributed by atoms with van der Waals surface area (Å²) in [6, 6.07) is 23.0. The van der Waals surface area contributed by atoms with Gasteiger partial charge in [-0.25, -0.2) is 0 Å². The Morgan fingerprint density at radius 2 is 1.70 bits per heavy atom. The third kappa shape index (κ3) is 3.21. The van der Waals surface area contributed by atoms with E-state index in [0.29, 0.717) is 11.4 Å². The van der Waals surface area contributed by atoms with Crippen LogP contribution < -0.4 is 0 Å². The number of carbonyl (C=O) groups excluding carboxylic acids is 2. The molecular formula is C25H20N2O2S. The largest absolute Gasteiger partial charge is 0.342 e. The molecule has 0 aliphatic carbocycles. The van der Waals surface area contributed by atoms with E-state index >= 15 is 0 Å². The second-order valence-electron chi connectivity index (χ2n) is 7.34. The van der Waals surface area contributed by atoms with Crippen molar-refractivity contribution in [3.8, 4) is 0 Å². The molecule has 1 saturated heterocycles. The van der Waals surface area contributed by atoms with Crippen molar-refractivity contribution in [3.63, 3.8) is 0 Å². The van der Waals surface area contributed by atoms with Crippen molar-refractivity contribution in [2.24, 2.45) is 0 Å². The predicted molar refractivity (Wildman–Crippen MR) is 123 cm³/mol. The zero-order valence-electron chi connectivity index (χ0n) is 16.5. The molecule has 0 spiro atoms. The standard InChI is InChI=1S/C25H20N2O2S/c1-2-27-24(28)23(30-25(27)29)14-20-16-26(22-10-6-5-9-21(20)22)15-17-11-12-18-7-3-4-8-19(18)13-17/h3-14,16H,2,15H2,1H3/b23-14+. The topological polar surface area (TPSA) is 42.3 Å². The first-order valence-electron chi connectivity index (χ1n) is 9.95. The van der Waals surface area contributed by atoms with Crippen LogP contribution in [0.15, 0.2) is 77.8 Å². The number of para-hydroxylation sites is 1. The number of thioether (sulfide) groups is 1. The van der Waals surface area contributed by atoms with Crippen molar-refractivity contribution in [3.05, 3.63) is 89.0 Å². The van der Waals surface area contributed by atoms with E-state index in [9.17, 15) is 9.59 Å². The van der Waals surface area contributed by atoms with Crippen LogP contribution in [0.1, 0.15) is 18.1 Å². The summed E-state index contributed by atoms with van der Waals surface area (Å²) in [6.07, 6.45) is 3.92. The second-order valence-corrected chi connectivity index (χ2v) is 8.33. The highest BCUT2D eigenvalue weighted by Gasteiger charge is 2.33. The van der Waals surface area contributed by atoms with Gasteiger partial charge in [0.1, 0.15) is 0 Å². The molecular weight excluding hydrogens is 392 g/mol. The SMILES string of the molecule is CCN1C(=O)S/C(=C/c2cn(Cc3ccc4ccccc4c3)c3ccccc23)C1=O. The lowest BCUT2D eigenvalue weighted by Crippen LogP contribution is -2.27. The number of imide groups is 1. The number of hydrogen-bond donors (Lipinski definition) is 0. The first-order chi connectivity index (χ1) is 14.6. The Hall–Kier alpha value is -3.31. The van der Waals surface area contributed by atoms with E-state index in [0.717, 1.165) is 34.8 Å². The maximum absolute atomic E-state index is 12.5. The van der Waals surface area contributed by atoms with Crippen LogP contribution in [0, 0.1) is 0 Å². The highest BCUT2D eigenvalue weighted by atomic mass is 32.2. The minimum atomic E-state index is -0.209. The molecule has 5 heteroatoms. The van der Waals surface area contributed by atoms with Crippen molar-refractivity contribution in [1.29, 1.82) is 0 Å². The van der Waals surface area contributed by atoms with E-state index in [-0.39, 0.29) is 11.1 Å². The molecule has 4 nitrogen and oxygen atoms in total. The number of carbonyl (C=O) groups is 2. The molecule has 148 valence electrons. The van der Waals surface area contributed by atoms with Crippen molar-refractivity contribution in [1.82, 2.24) is 9.47 Å². The summed E-state index contributed by atoms with van der Waals surface area (Å²) in [5.74, 6) is -0.209. The van der Waals surface area contributed by atoms with E-state index in [2.05, 4.69) is 59.3 Å². The van der Waals surface area contributed by atoms with Gasteiger partial charge in [0.2, 0.25) is 0 Å². The summed E-state index contributed by atoms with van der Waals surface area (Å²) in [7, 11) is 0. The molecule has 2 amide bonds.